The van der Waals surface area contributed by atoms with Crippen molar-refractivity contribution in [2.75, 3.05) is 25.0 Å². The molecule has 2 amide bonds. The van der Waals surface area contributed by atoms with Gasteiger partial charge in [-0.05, 0) is 35.9 Å². The fourth-order valence-corrected chi connectivity index (χ4v) is 4.38. The zero-order chi connectivity index (χ0) is 27.0. The van der Waals surface area contributed by atoms with Gasteiger partial charge in [0, 0.05) is 38.2 Å². The zero-order valence-electron chi connectivity index (χ0n) is 19.0. The normalized spacial score (nSPS) is 18.1. The molecule has 0 aliphatic carbocycles. The number of ether oxygens (including phenoxy) is 1. The Balaban J connectivity index is 1.29. The number of anilines is 1. The lowest BCUT2D eigenvalue weighted by Gasteiger charge is -2.36. The zero-order valence-corrected chi connectivity index (χ0v) is 19.7. The summed E-state index contributed by atoms with van der Waals surface area (Å²) in [7, 11) is 0. The highest BCUT2D eigenvalue weighted by Crippen LogP contribution is 2.37. The van der Waals surface area contributed by atoms with Gasteiger partial charge in [-0.2, -0.15) is 26.3 Å². The second kappa shape index (κ2) is 9.93. The van der Waals surface area contributed by atoms with Crippen LogP contribution in [0.4, 0.5) is 41.6 Å². The summed E-state index contributed by atoms with van der Waals surface area (Å²) in [6.07, 6.45) is -10.2. The van der Waals surface area contributed by atoms with Gasteiger partial charge in [0.1, 0.15) is 5.60 Å². The predicted molar refractivity (Wildman–Crippen MR) is 118 cm³/mol. The first-order chi connectivity index (χ1) is 17.2. The maximum Gasteiger partial charge on any atom is 0.430 e. The van der Waals surface area contributed by atoms with Crippen molar-refractivity contribution in [3.05, 3.63) is 64.2 Å². The maximum atomic E-state index is 13.0. The molecule has 2 aliphatic heterocycles. The molecule has 200 valence electrons. The molecule has 0 radical (unpaired) electrons. The molecule has 0 atom stereocenters. The quantitative estimate of drug-likeness (QED) is 0.450. The van der Waals surface area contributed by atoms with Crippen LogP contribution < -0.4 is 5.32 Å². The minimum atomic E-state index is -4.70. The number of carbonyl (C=O) groups is 2. The van der Waals surface area contributed by atoms with Gasteiger partial charge in [0.25, 0.3) is 0 Å². The number of hydrogen-bond donors (Lipinski definition) is 1. The Bertz CT molecular complexity index is 1160. The smallest absolute Gasteiger partial charge is 0.430 e. The van der Waals surface area contributed by atoms with Gasteiger partial charge >= 0.3 is 24.5 Å². The van der Waals surface area contributed by atoms with Crippen LogP contribution in [0.5, 0.6) is 0 Å². The number of carbonyl (C=O) groups excluding carboxylic acids is 2. The lowest BCUT2D eigenvalue weighted by Crippen LogP contribution is -2.47. The molecule has 7 nitrogen and oxygen atoms in total. The van der Waals surface area contributed by atoms with Crippen LogP contribution >= 0.6 is 11.6 Å². The number of amides is 2. The molecule has 2 fully saturated rings. The number of hydrogen-bond acceptors (Lipinski definition) is 5. The van der Waals surface area contributed by atoms with E-state index in [0.29, 0.717) is 24.5 Å². The third kappa shape index (κ3) is 6.39. The largest absolute Gasteiger partial charge is 0.441 e. The summed E-state index contributed by atoms with van der Waals surface area (Å²) in [6, 6.07) is 7.40. The monoisotopic (exact) mass is 551 g/mol. The molecule has 0 aromatic heterocycles. The minimum absolute atomic E-state index is 0.0718. The summed E-state index contributed by atoms with van der Waals surface area (Å²) in [5, 5.41) is 3.01. The van der Waals surface area contributed by atoms with E-state index in [1.54, 1.807) is 0 Å². The SMILES string of the molecule is O=C(Nc1ccc(Cl)c(C(F)(F)F)c1)ON1CCC2(CC1)CN(Cc1ccc(C(F)(F)F)cc1)C(=O)O2. The van der Waals surface area contributed by atoms with E-state index in [1.807, 2.05) is 0 Å². The van der Waals surface area contributed by atoms with Crippen LogP contribution in [0, 0.1) is 0 Å². The van der Waals surface area contributed by atoms with Crippen LogP contribution in [0.3, 0.4) is 0 Å². The van der Waals surface area contributed by atoms with Crippen LogP contribution in [-0.4, -0.2) is 47.4 Å². The summed E-state index contributed by atoms with van der Waals surface area (Å²) in [5.41, 5.74) is -2.38. The summed E-state index contributed by atoms with van der Waals surface area (Å²) in [6.45, 7) is 0.646. The number of benzene rings is 2. The molecule has 2 heterocycles. The van der Waals surface area contributed by atoms with E-state index in [2.05, 4.69) is 5.32 Å². The van der Waals surface area contributed by atoms with Crippen molar-refractivity contribution in [2.45, 2.75) is 37.3 Å². The number of alkyl halides is 6. The van der Waals surface area contributed by atoms with E-state index in [4.69, 9.17) is 21.2 Å². The standard InChI is InChI=1S/C23H20ClF6N3O4/c24-18-6-5-16(11-17(18)23(28,29)30)31-19(34)37-33-9-7-21(8-10-33)13-32(20(35)36-21)12-14-1-3-15(4-2-14)22(25,26)27/h1-6,11H,7-10,12-13H2,(H,31,34). The van der Waals surface area contributed by atoms with Gasteiger partial charge in [-0.25, -0.2) is 9.59 Å². The van der Waals surface area contributed by atoms with Gasteiger partial charge in [0.2, 0.25) is 0 Å². The third-order valence-corrected chi connectivity index (χ3v) is 6.39. The topological polar surface area (TPSA) is 71.1 Å². The lowest BCUT2D eigenvalue weighted by atomic mass is 9.92. The van der Waals surface area contributed by atoms with Gasteiger partial charge in [0.05, 0.1) is 22.7 Å². The van der Waals surface area contributed by atoms with E-state index >= 15 is 0 Å². The maximum absolute atomic E-state index is 13.0. The van der Waals surface area contributed by atoms with Crippen molar-refractivity contribution in [1.82, 2.24) is 9.96 Å². The second-order valence-electron chi connectivity index (χ2n) is 8.73. The summed E-state index contributed by atoms with van der Waals surface area (Å²) >= 11 is 5.57. The van der Waals surface area contributed by atoms with Crippen LogP contribution in [0.25, 0.3) is 0 Å². The third-order valence-electron chi connectivity index (χ3n) is 6.06. The summed E-state index contributed by atoms with van der Waals surface area (Å²) in [4.78, 5) is 31.1. The Kier molecular flexibility index (Phi) is 7.21. The van der Waals surface area contributed by atoms with Crippen molar-refractivity contribution >= 4 is 29.5 Å². The molecule has 2 aromatic carbocycles. The Hall–Kier alpha value is -3.19. The second-order valence-corrected chi connectivity index (χ2v) is 9.13. The highest BCUT2D eigenvalue weighted by molar-refractivity contribution is 6.31. The number of hydroxylamine groups is 2. The fraction of sp³-hybridized carbons (Fsp3) is 0.391. The molecule has 0 saturated carbocycles. The number of nitrogens with zero attached hydrogens (tertiary/aromatic N) is 2. The van der Waals surface area contributed by atoms with Gasteiger partial charge in [-0.15, -0.1) is 5.06 Å². The first-order valence-electron chi connectivity index (χ1n) is 11.0. The Labute approximate surface area is 211 Å². The molecule has 1 N–H and O–H groups in total. The number of halogens is 7. The van der Waals surface area contributed by atoms with E-state index < -0.39 is 46.3 Å². The number of piperidine rings is 1. The predicted octanol–water partition coefficient (Wildman–Crippen LogP) is 6.33. The van der Waals surface area contributed by atoms with Crippen LogP contribution in [0.1, 0.15) is 29.5 Å². The van der Waals surface area contributed by atoms with Crippen molar-refractivity contribution < 1.29 is 45.5 Å². The molecule has 1 spiro atoms. The molecule has 14 heteroatoms. The molecule has 4 rings (SSSR count). The molecule has 37 heavy (non-hydrogen) atoms. The molecule has 2 aliphatic rings. The molecular formula is C23H20ClF6N3O4. The Morgan fingerprint density at radius 3 is 2.27 bits per heavy atom. The fourth-order valence-electron chi connectivity index (χ4n) is 4.16. The van der Waals surface area contributed by atoms with Gasteiger partial charge in [-0.1, -0.05) is 23.7 Å². The molecular weight excluding hydrogens is 532 g/mol. The first kappa shape index (κ1) is 26.9. The van der Waals surface area contributed by atoms with Crippen molar-refractivity contribution in [1.29, 1.82) is 0 Å². The number of nitrogens with one attached hydrogen (secondary N) is 1. The van der Waals surface area contributed by atoms with Crippen molar-refractivity contribution in [2.24, 2.45) is 0 Å². The molecule has 0 unspecified atom stereocenters. The Morgan fingerprint density at radius 2 is 1.68 bits per heavy atom. The molecule has 2 aromatic rings. The van der Waals surface area contributed by atoms with E-state index in [1.165, 1.54) is 28.2 Å². The highest BCUT2D eigenvalue weighted by atomic mass is 35.5. The summed E-state index contributed by atoms with van der Waals surface area (Å²) < 4.78 is 82.8. The van der Waals surface area contributed by atoms with Gasteiger partial charge in [0.15, 0.2) is 0 Å². The van der Waals surface area contributed by atoms with Crippen LogP contribution in [-0.2, 0) is 28.5 Å². The average molecular weight is 552 g/mol. The number of rotatable bonds is 4. The molecule has 2 saturated heterocycles. The van der Waals surface area contributed by atoms with E-state index in [0.717, 1.165) is 18.2 Å². The Morgan fingerprint density at radius 1 is 1.03 bits per heavy atom. The highest BCUT2D eigenvalue weighted by Gasteiger charge is 2.47. The minimum Gasteiger partial charge on any atom is -0.441 e. The van der Waals surface area contributed by atoms with Crippen LogP contribution in [0.2, 0.25) is 5.02 Å². The molecule has 0 bridgehead atoms. The van der Waals surface area contributed by atoms with Crippen LogP contribution in [0.15, 0.2) is 42.5 Å². The van der Waals surface area contributed by atoms with Crippen molar-refractivity contribution in [3.63, 3.8) is 0 Å². The first-order valence-corrected chi connectivity index (χ1v) is 11.4. The van der Waals surface area contributed by atoms with Crippen molar-refractivity contribution in [3.8, 4) is 0 Å². The van der Waals surface area contributed by atoms with E-state index in [-0.39, 0.29) is 31.9 Å². The average Bonchev–Trinajstić information content (AvgIpc) is 3.10. The van der Waals surface area contributed by atoms with Gasteiger partial charge < -0.3 is 9.57 Å². The van der Waals surface area contributed by atoms with E-state index in [9.17, 15) is 35.9 Å². The summed E-state index contributed by atoms with van der Waals surface area (Å²) in [5.74, 6) is 0. The van der Waals surface area contributed by atoms with Gasteiger partial charge in [-0.3, -0.25) is 10.2 Å². The lowest BCUT2D eigenvalue weighted by molar-refractivity contribution is -0.138.